The molecule has 1 rings (SSSR count). The molecule has 0 saturated heterocycles. The van der Waals surface area contributed by atoms with Crippen molar-refractivity contribution in [2.45, 2.75) is 27.2 Å². The van der Waals surface area contributed by atoms with Gasteiger partial charge in [0.25, 0.3) is 0 Å². The van der Waals surface area contributed by atoms with Crippen molar-refractivity contribution < 1.29 is 0 Å². The normalized spacial score (nSPS) is 18.2. The van der Waals surface area contributed by atoms with E-state index < -0.39 is 0 Å². The van der Waals surface area contributed by atoms with E-state index in [4.69, 9.17) is 0 Å². The van der Waals surface area contributed by atoms with E-state index in [0.717, 1.165) is 6.42 Å². The van der Waals surface area contributed by atoms with Crippen LogP contribution in [0.4, 0.5) is 0 Å². The Morgan fingerprint density at radius 1 is 1.33 bits per heavy atom. The molecule has 0 atom stereocenters. The van der Waals surface area contributed by atoms with Crippen LogP contribution in [0.1, 0.15) is 27.2 Å². The van der Waals surface area contributed by atoms with Gasteiger partial charge in [0.1, 0.15) is 0 Å². The van der Waals surface area contributed by atoms with Gasteiger partial charge in [0.2, 0.25) is 0 Å². The Balaban J connectivity index is 2.72. The standard InChI is InChI=1S/C9H14/c1-7(2)9-6-4-5-8(9)3/h5-7H,4H2,1-3H3. The molecule has 0 aromatic heterocycles. The van der Waals surface area contributed by atoms with Crippen molar-refractivity contribution in [1.82, 2.24) is 0 Å². The molecule has 0 aromatic carbocycles. The zero-order chi connectivity index (χ0) is 6.85. The first-order valence-electron chi connectivity index (χ1n) is 3.59. The molecule has 1 aliphatic carbocycles. The Hall–Kier alpha value is -0.520. The predicted octanol–water partition coefficient (Wildman–Crippen LogP) is 2.92. The van der Waals surface area contributed by atoms with Crippen LogP contribution < -0.4 is 0 Å². The first-order valence-corrected chi connectivity index (χ1v) is 3.59. The molecular formula is C9H14. The lowest BCUT2D eigenvalue weighted by molar-refractivity contribution is 0.780. The van der Waals surface area contributed by atoms with Gasteiger partial charge in [-0.2, -0.15) is 0 Å². The minimum atomic E-state index is 0.712. The van der Waals surface area contributed by atoms with Crippen LogP contribution in [-0.2, 0) is 0 Å². The number of hydrogen-bond acceptors (Lipinski definition) is 0. The lowest BCUT2D eigenvalue weighted by atomic mass is 10.00. The molecule has 0 aliphatic heterocycles. The third-order valence-corrected chi connectivity index (χ3v) is 1.84. The Morgan fingerprint density at radius 2 is 2.00 bits per heavy atom. The van der Waals surface area contributed by atoms with Crippen molar-refractivity contribution in [2.75, 3.05) is 0 Å². The first-order chi connectivity index (χ1) is 4.22. The Labute approximate surface area is 57.3 Å². The summed E-state index contributed by atoms with van der Waals surface area (Å²) in [5.74, 6) is 0.712. The minimum absolute atomic E-state index is 0.712. The Morgan fingerprint density at radius 3 is 2.22 bits per heavy atom. The summed E-state index contributed by atoms with van der Waals surface area (Å²) in [6.07, 6.45) is 5.76. The third-order valence-electron chi connectivity index (χ3n) is 1.84. The highest BCUT2D eigenvalue weighted by Gasteiger charge is 2.07. The largest absolute Gasteiger partial charge is 0.0775 e. The van der Waals surface area contributed by atoms with Gasteiger partial charge in [0, 0.05) is 0 Å². The van der Waals surface area contributed by atoms with E-state index in [9.17, 15) is 0 Å². The zero-order valence-electron chi connectivity index (χ0n) is 6.44. The molecule has 0 fully saturated rings. The second-order valence-corrected chi connectivity index (χ2v) is 2.94. The molecule has 0 nitrogen and oxygen atoms in total. The zero-order valence-corrected chi connectivity index (χ0v) is 6.44. The molecule has 0 radical (unpaired) electrons. The van der Waals surface area contributed by atoms with E-state index in [-0.39, 0.29) is 0 Å². The van der Waals surface area contributed by atoms with Crippen LogP contribution in [0, 0.1) is 5.92 Å². The number of allylic oxidation sites excluding steroid dienone is 4. The maximum absolute atomic E-state index is 2.32. The van der Waals surface area contributed by atoms with E-state index in [1.807, 2.05) is 0 Å². The highest BCUT2D eigenvalue weighted by Crippen LogP contribution is 2.24. The molecule has 0 saturated carbocycles. The Kier molecular flexibility index (Phi) is 1.75. The van der Waals surface area contributed by atoms with Crippen LogP contribution >= 0.6 is 0 Å². The minimum Gasteiger partial charge on any atom is -0.0775 e. The van der Waals surface area contributed by atoms with Crippen molar-refractivity contribution in [1.29, 1.82) is 0 Å². The van der Waals surface area contributed by atoms with E-state index in [1.165, 1.54) is 11.1 Å². The molecule has 1 aliphatic rings. The molecular weight excluding hydrogens is 108 g/mol. The van der Waals surface area contributed by atoms with Crippen LogP contribution in [-0.4, -0.2) is 0 Å². The maximum Gasteiger partial charge on any atom is -0.0157 e. The van der Waals surface area contributed by atoms with E-state index in [2.05, 4.69) is 32.9 Å². The summed E-state index contributed by atoms with van der Waals surface area (Å²) in [6, 6.07) is 0. The quantitative estimate of drug-likeness (QED) is 0.501. The molecule has 0 spiro atoms. The van der Waals surface area contributed by atoms with Crippen LogP contribution in [0.15, 0.2) is 23.3 Å². The lowest BCUT2D eigenvalue weighted by Gasteiger charge is -2.06. The van der Waals surface area contributed by atoms with Crippen LogP contribution in [0.2, 0.25) is 0 Å². The third kappa shape index (κ3) is 1.24. The molecule has 0 unspecified atom stereocenters. The highest BCUT2D eigenvalue weighted by atomic mass is 14.1. The smallest absolute Gasteiger partial charge is 0.0157 e. The van der Waals surface area contributed by atoms with Gasteiger partial charge < -0.3 is 0 Å². The Bertz CT molecular complexity index is 159. The fourth-order valence-electron chi connectivity index (χ4n) is 1.33. The average Bonchev–Trinajstić information content (AvgIpc) is 2.13. The lowest BCUT2D eigenvalue weighted by Crippen LogP contribution is -1.91. The van der Waals surface area contributed by atoms with Gasteiger partial charge in [-0.3, -0.25) is 0 Å². The fourth-order valence-corrected chi connectivity index (χ4v) is 1.33. The second kappa shape index (κ2) is 2.38. The van der Waals surface area contributed by atoms with Gasteiger partial charge >= 0.3 is 0 Å². The van der Waals surface area contributed by atoms with Crippen LogP contribution in [0.3, 0.4) is 0 Å². The molecule has 0 heterocycles. The monoisotopic (exact) mass is 122 g/mol. The molecule has 0 heteroatoms. The van der Waals surface area contributed by atoms with Gasteiger partial charge in [-0.1, -0.05) is 31.6 Å². The molecule has 0 N–H and O–H groups in total. The summed E-state index contributed by atoms with van der Waals surface area (Å²) in [6.45, 7) is 6.68. The van der Waals surface area contributed by atoms with Gasteiger partial charge in [0.05, 0.1) is 0 Å². The number of rotatable bonds is 1. The average molecular weight is 122 g/mol. The molecule has 0 bridgehead atoms. The summed E-state index contributed by atoms with van der Waals surface area (Å²) in [5.41, 5.74) is 3.01. The fraction of sp³-hybridized carbons (Fsp3) is 0.556. The second-order valence-electron chi connectivity index (χ2n) is 2.94. The highest BCUT2D eigenvalue weighted by molar-refractivity contribution is 5.36. The summed E-state index contributed by atoms with van der Waals surface area (Å²) in [4.78, 5) is 0. The summed E-state index contributed by atoms with van der Waals surface area (Å²) < 4.78 is 0. The SMILES string of the molecule is CC1=CCC=C1C(C)C. The van der Waals surface area contributed by atoms with Crippen molar-refractivity contribution in [3.63, 3.8) is 0 Å². The van der Waals surface area contributed by atoms with Crippen molar-refractivity contribution in [3.8, 4) is 0 Å². The van der Waals surface area contributed by atoms with E-state index in [1.54, 1.807) is 0 Å². The van der Waals surface area contributed by atoms with E-state index in [0.29, 0.717) is 5.92 Å². The van der Waals surface area contributed by atoms with Gasteiger partial charge in [-0.05, 0) is 24.8 Å². The summed E-state index contributed by atoms with van der Waals surface area (Å²) >= 11 is 0. The van der Waals surface area contributed by atoms with Crippen molar-refractivity contribution in [2.24, 2.45) is 5.92 Å². The molecule has 0 aromatic rings. The van der Waals surface area contributed by atoms with Crippen LogP contribution in [0.25, 0.3) is 0 Å². The molecule has 0 amide bonds. The topological polar surface area (TPSA) is 0 Å². The summed E-state index contributed by atoms with van der Waals surface area (Å²) in [5, 5.41) is 0. The van der Waals surface area contributed by atoms with Gasteiger partial charge in [0.15, 0.2) is 0 Å². The number of hydrogen-bond donors (Lipinski definition) is 0. The van der Waals surface area contributed by atoms with Gasteiger partial charge in [-0.15, -0.1) is 0 Å². The molecule has 9 heavy (non-hydrogen) atoms. The van der Waals surface area contributed by atoms with Crippen molar-refractivity contribution >= 4 is 0 Å². The van der Waals surface area contributed by atoms with Gasteiger partial charge in [-0.25, -0.2) is 0 Å². The first kappa shape index (κ1) is 6.60. The van der Waals surface area contributed by atoms with Crippen molar-refractivity contribution in [3.05, 3.63) is 23.3 Å². The molecule has 50 valence electrons. The summed E-state index contributed by atoms with van der Waals surface area (Å²) in [7, 11) is 0. The predicted molar refractivity (Wildman–Crippen MR) is 41.3 cm³/mol. The maximum atomic E-state index is 2.32. The van der Waals surface area contributed by atoms with Crippen LogP contribution in [0.5, 0.6) is 0 Å². The van der Waals surface area contributed by atoms with E-state index >= 15 is 0 Å².